The van der Waals surface area contributed by atoms with Gasteiger partial charge in [-0.25, -0.2) is 0 Å². The van der Waals surface area contributed by atoms with Crippen LogP contribution in [0.25, 0.3) is 0 Å². The Labute approximate surface area is 102 Å². The van der Waals surface area contributed by atoms with E-state index >= 15 is 0 Å². The van der Waals surface area contributed by atoms with Gasteiger partial charge >= 0.3 is 0 Å². The molecule has 0 aromatic carbocycles. The Morgan fingerprint density at radius 2 is 2.12 bits per heavy atom. The molecule has 2 rings (SSSR count). The van der Waals surface area contributed by atoms with Crippen molar-refractivity contribution in [3.05, 3.63) is 11.6 Å². The van der Waals surface area contributed by atoms with Crippen molar-refractivity contribution in [2.75, 3.05) is 13.9 Å². The number of aliphatic hydroxyl groups is 2. The highest BCUT2D eigenvalue weighted by Gasteiger charge is 2.55. The third-order valence-electron chi connectivity index (χ3n) is 4.63. The maximum atomic E-state index is 9.87. The van der Waals surface area contributed by atoms with E-state index in [0.717, 1.165) is 12.8 Å². The molecule has 2 unspecified atom stereocenters. The fraction of sp³-hybridized carbons (Fsp3) is 0.846. The zero-order valence-corrected chi connectivity index (χ0v) is 10.8. The van der Waals surface area contributed by atoms with Gasteiger partial charge in [0.05, 0.1) is 17.8 Å². The van der Waals surface area contributed by atoms with Crippen LogP contribution in [0.15, 0.2) is 11.6 Å². The van der Waals surface area contributed by atoms with Crippen molar-refractivity contribution in [3.8, 4) is 0 Å². The van der Waals surface area contributed by atoms with Crippen molar-refractivity contribution in [1.29, 1.82) is 0 Å². The summed E-state index contributed by atoms with van der Waals surface area (Å²) in [4.78, 5) is 0. The SMILES string of the molecule is COCO[C@@]1(C)CCC2=CC(O)C(O)C[C@@]21C. The molecule has 4 heteroatoms. The summed E-state index contributed by atoms with van der Waals surface area (Å²) in [5, 5.41) is 19.6. The van der Waals surface area contributed by atoms with E-state index < -0.39 is 12.2 Å². The normalized spacial score (nSPS) is 45.6. The molecule has 0 saturated heterocycles. The van der Waals surface area contributed by atoms with Crippen molar-refractivity contribution in [1.82, 2.24) is 0 Å². The predicted octanol–water partition coefficient (Wildman–Crippen LogP) is 1.22. The van der Waals surface area contributed by atoms with Crippen LogP contribution in [0.5, 0.6) is 0 Å². The van der Waals surface area contributed by atoms with E-state index in [0.29, 0.717) is 6.42 Å². The van der Waals surface area contributed by atoms with Gasteiger partial charge in [-0.1, -0.05) is 18.6 Å². The van der Waals surface area contributed by atoms with Gasteiger partial charge in [-0.2, -0.15) is 0 Å². The van der Waals surface area contributed by atoms with E-state index in [1.165, 1.54) is 5.57 Å². The minimum Gasteiger partial charge on any atom is -0.390 e. The Balaban J connectivity index is 2.26. The molecule has 17 heavy (non-hydrogen) atoms. The Bertz CT molecular complexity index is 327. The van der Waals surface area contributed by atoms with Crippen LogP contribution in [0.4, 0.5) is 0 Å². The second kappa shape index (κ2) is 4.35. The van der Waals surface area contributed by atoms with E-state index in [1.54, 1.807) is 13.2 Å². The van der Waals surface area contributed by atoms with Gasteiger partial charge in [0.2, 0.25) is 0 Å². The fourth-order valence-electron chi connectivity index (χ4n) is 3.16. The third-order valence-corrected chi connectivity index (χ3v) is 4.63. The smallest absolute Gasteiger partial charge is 0.147 e. The summed E-state index contributed by atoms with van der Waals surface area (Å²) >= 11 is 0. The molecule has 2 aliphatic carbocycles. The predicted molar refractivity (Wildman–Crippen MR) is 63.4 cm³/mol. The average molecular weight is 242 g/mol. The maximum absolute atomic E-state index is 9.87. The van der Waals surface area contributed by atoms with E-state index in [-0.39, 0.29) is 17.8 Å². The number of rotatable bonds is 3. The quantitative estimate of drug-likeness (QED) is 0.577. The Kier molecular flexibility index (Phi) is 3.34. The van der Waals surface area contributed by atoms with Gasteiger partial charge in [-0.3, -0.25) is 0 Å². The molecule has 0 bridgehead atoms. The van der Waals surface area contributed by atoms with Gasteiger partial charge in [0.15, 0.2) is 0 Å². The lowest BCUT2D eigenvalue weighted by Gasteiger charge is -2.45. The van der Waals surface area contributed by atoms with E-state index in [2.05, 4.69) is 13.8 Å². The zero-order chi connectivity index (χ0) is 12.7. The van der Waals surface area contributed by atoms with Gasteiger partial charge < -0.3 is 19.7 Å². The molecule has 0 spiro atoms. The Hall–Kier alpha value is -0.420. The molecule has 0 amide bonds. The van der Waals surface area contributed by atoms with Crippen LogP contribution in [0.3, 0.4) is 0 Å². The van der Waals surface area contributed by atoms with Crippen molar-refractivity contribution < 1.29 is 19.7 Å². The molecule has 0 heterocycles. The molecular formula is C13H22O4. The lowest BCUT2D eigenvalue weighted by molar-refractivity contribution is -0.168. The topological polar surface area (TPSA) is 58.9 Å². The largest absolute Gasteiger partial charge is 0.390 e. The summed E-state index contributed by atoms with van der Waals surface area (Å²) < 4.78 is 10.8. The standard InChI is InChI=1S/C13H22O4/c1-12-7-11(15)10(14)6-9(12)4-5-13(12,2)17-8-16-3/h6,10-11,14-15H,4-5,7-8H2,1-3H3/t10?,11?,12-,13-/m0/s1. The number of ether oxygens (including phenoxy) is 2. The van der Waals surface area contributed by atoms with Gasteiger partial charge in [-0.15, -0.1) is 0 Å². The average Bonchev–Trinajstić information content (AvgIpc) is 2.52. The van der Waals surface area contributed by atoms with Crippen LogP contribution in [0.2, 0.25) is 0 Å². The first-order chi connectivity index (χ1) is 7.93. The highest BCUT2D eigenvalue weighted by molar-refractivity contribution is 5.30. The van der Waals surface area contributed by atoms with Crippen LogP contribution in [0.1, 0.15) is 33.1 Å². The molecule has 4 nitrogen and oxygen atoms in total. The number of hydrogen-bond acceptors (Lipinski definition) is 4. The Morgan fingerprint density at radius 3 is 2.76 bits per heavy atom. The van der Waals surface area contributed by atoms with Gasteiger partial charge in [0, 0.05) is 12.5 Å². The van der Waals surface area contributed by atoms with Crippen LogP contribution < -0.4 is 0 Å². The van der Waals surface area contributed by atoms with Crippen LogP contribution in [-0.4, -0.2) is 41.9 Å². The van der Waals surface area contributed by atoms with Crippen LogP contribution in [0, 0.1) is 5.41 Å². The highest BCUT2D eigenvalue weighted by Crippen LogP contribution is 2.56. The second-order valence-electron chi connectivity index (χ2n) is 5.57. The van der Waals surface area contributed by atoms with Crippen LogP contribution >= 0.6 is 0 Å². The first-order valence-corrected chi connectivity index (χ1v) is 6.13. The molecule has 2 N–H and O–H groups in total. The number of fused-ring (bicyclic) bond motifs is 1. The molecule has 0 aliphatic heterocycles. The molecule has 1 fully saturated rings. The number of methoxy groups -OCH3 is 1. The molecule has 4 atom stereocenters. The van der Waals surface area contributed by atoms with Gasteiger partial charge in [-0.05, 0) is 26.2 Å². The van der Waals surface area contributed by atoms with Crippen molar-refractivity contribution in [2.24, 2.45) is 5.41 Å². The molecule has 1 saturated carbocycles. The molecule has 0 aromatic rings. The van der Waals surface area contributed by atoms with Crippen LogP contribution in [-0.2, 0) is 9.47 Å². The van der Waals surface area contributed by atoms with Gasteiger partial charge in [0.25, 0.3) is 0 Å². The van der Waals surface area contributed by atoms with E-state index in [4.69, 9.17) is 9.47 Å². The highest BCUT2D eigenvalue weighted by atomic mass is 16.7. The summed E-state index contributed by atoms with van der Waals surface area (Å²) in [6, 6.07) is 0. The van der Waals surface area contributed by atoms with E-state index in [9.17, 15) is 10.2 Å². The monoisotopic (exact) mass is 242 g/mol. The molecule has 2 aliphatic rings. The summed E-state index contributed by atoms with van der Waals surface area (Å²) in [7, 11) is 1.61. The van der Waals surface area contributed by atoms with Crippen molar-refractivity contribution >= 4 is 0 Å². The summed E-state index contributed by atoms with van der Waals surface area (Å²) in [6.07, 6.45) is 2.73. The fourth-order valence-corrected chi connectivity index (χ4v) is 3.16. The summed E-state index contributed by atoms with van der Waals surface area (Å²) in [6.45, 7) is 4.44. The van der Waals surface area contributed by atoms with Crippen molar-refractivity contribution in [3.63, 3.8) is 0 Å². The first-order valence-electron chi connectivity index (χ1n) is 6.13. The lowest BCUT2D eigenvalue weighted by Crippen LogP contribution is -2.48. The molecule has 98 valence electrons. The first kappa shape index (κ1) is 13.0. The minimum absolute atomic E-state index is 0.204. The summed E-state index contributed by atoms with van der Waals surface area (Å²) in [5.74, 6) is 0. The molecular weight excluding hydrogens is 220 g/mol. The number of hydrogen-bond donors (Lipinski definition) is 2. The maximum Gasteiger partial charge on any atom is 0.147 e. The molecule has 0 aromatic heterocycles. The second-order valence-corrected chi connectivity index (χ2v) is 5.57. The van der Waals surface area contributed by atoms with Crippen molar-refractivity contribution in [2.45, 2.75) is 50.9 Å². The lowest BCUT2D eigenvalue weighted by atomic mass is 9.67. The Morgan fingerprint density at radius 1 is 1.41 bits per heavy atom. The molecule has 0 radical (unpaired) electrons. The number of aliphatic hydroxyl groups excluding tert-OH is 2. The van der Waals surface area contributed by atoms with Gasteiger partial charge in [0.1, 0.15) is 6.79 Å². The van der Waals surface area contributed by atoms with E-state index in [1.807, 2.05) is 0 Å². The zero-order valence-electron chi connectivity index (χ0n) is 10.8. The third kappa shape index (κ3) is 1.93. The summed E-state index contributed by atoms with van der Waals surface area (Å²) in [5.41, 5.74) is 0.675. The minimum atomic E-state index is -0.733.